The van der Waals surface area contributed by atoms with Gasteiger partial charge in [0.05, 0.1) is 0 Å². The van der Waals surface area contributed by atoms with Gasteiger partial charge >= 0.3 is 0 Å². The lowest BCUT2D eigenvalue weighted by Gasteiger charge is -2.01. The van der Waals surface area contributed by atoms with Crippen LogP contribution in [0.4, 0.5) is 0 Å². The molecule has 0 spiro atoms. The highest BCUT2D eigenvalue weighted by atomic mass is 127. The van der Waals surface area contributed by atoms with Crippen molar-refractivity contribution in [3.63, 3.8) is 0 Å². The van der Waals surface area contributed by atoms with Crippen LogP contribution in [0.1, 0.15) is 0 Å². The second-order valence-electron chi connectivity index (χ2n) is 2.14. The van der Waals surface area contributed by atoms with E-state index >= 15 is 0 Å². The van der Waals surface area contributed by atoms with E-state index in [0.717, 1.165) is 5.57 Å². The van der Waals surface area contributed by atoms with Crippen molar-refractivity contribution in [2.45, 2.75) is 0 Å². The number of allylic oxidation sites excluding steroid dienone is 7. The minimum Gasteiger partial charge on any atom is -0.410 e. The summed E-state index contributed by atoms with van der Waals surface area (Å²) < 4.78 is 1.89. The van der Waals surface area contributed by atoms with E-state index in [0.29, 0.717) is 5.71 Å². The molecule has 0 aromatic heterocycles. The monoisotopic (exact) mass is 273 g/mol. The third-order valence-electron chi connectivity index (χ3n) is 1.39. The molecule has 1 rings (SSSR count). The average molecular weight is 273 g/mol. The van der Waals surface area contributed by atoms with Gasteiger partial charge in [-0.3, -0.25) is 0 Å². The first-order valence-electron chi connectivity index (χ1n) is 3.42. The van der Waals surface area contributed by atoms with Crippen LogP contribution in [0.3, 0.4) is 0 Å². The number of hydrogen-bond acceptors (Lipinski definition) is 2. The van der Waals surface area contributed by atoms with Crippen LogP contribution in [-0.2, 0) is 0 Å². The van der Waals surface area contributed by atoms with Crippen LogP contribution in [0.5, 0.6) is 0 Å². The van der Waals surface area contributed by atoms with Crippen molar-refractivity contribution in [2.24, 2.45) is 5.16 Å². The Morgan fingerprint density at radius 3 is 2.75 bits per heavy atom. The Morgan fingerprint density at radius 2 is 2.08 bits per heavy atom. The maximum atomic E-state index is 8.60. The van der Waals surface area contributed by atoms with Gasteiger partial charge in [0, 0.05) is 5.57 Å². The van der Waals surface area contributed by atoms with Crippen molar-refractivity contribution >= 4 is 28.3 Å². The summed E-state index contributed by atoms with van der Waals surface area (Å²) in [6, 6.07) is 0. The van der Waals surface area contributed by atoms with Gasteiger partial charge in [0.15, 0.2) is 0 Å². The third kappa shape index (κ3) is 2.34. The highest BCUT2D eigenvalue weighted by Gasteiger charge is 2.01. The molecule has 0 aliphatic heterocycles. The molecule has 1 aliphatic carbocycles. The molecule has 0 radical (unpaired) electrons. The zero-order valence-electron chi connectivity index (χ0n) is 6.31. The predicted molar refractivity (Wildman–Crippen MR) is 58.7 cm³/mol. The second-order valence-corrected chi connectivity index (χ2v) is 2.86. The Hall–Kier alpha value is -0.840. The lowest BCUT2D eigenvalue weighted by molar-refractivity contribution is 0.320. The zero-order valence-corrected chi connectivity index (χ0v) is 8.47. The summed E-state index contributed by atoms with van der Waals surface area (Å²) in [5, 5.41) is 11.8. The summed E-state index contributed by atoms with van der Waals surface area (Å²) in [4.78, 5) is 0. The maximum Gasteiger partial charge on any atom is 0.109 e. The lowest BCUT2D eigenvalue weighted by atomic mass is 10.1. The fourth-order valence-corrected chi connectivity index (χ4v) is 1.07. The number of halogens is 1. The van der Waals surface area contributed by atoms with Crippen molar-refractivity contribution < 1.29 is 5.21 Å². The Balaban J connectivity index is 2.90. The van der Waals surface area contributed by atoms with Crippen LogP contribution in [0.25, 0.3) is 0 Å². The summed E-state index contributed by atoms with van der Waals surface area (Å²) in [6.45, 7) is 0. The van der Waals surface area contributed by atoms with Crippen LogP contribution in [0.2, 0.25) is 0 Å². The van der Waals surface area contributed by atoms with Crippen LogP contribution in [0, 0.1) is 0 Å². The predicted octanol–water partition coefficient (Wildman–Crippen LogP) is 2.82. The smallest absolute Gasteiger partial charge is 0.109 e. The van der Waals surface area contributed by atoms with Crippen molar-refractivity contribution in [1.29, 1.82) is 0 Å². The van der Waals surface area contributed by atoms with E-state index in [4.69, 9.17) is 5.21 Å². The Labute approximate surface area is 84.8 Å². The molecule has 0 unspecified atom stereocenters. The molecule has 62 valence electrons. The van der Waals surface area contributed by atoms with Crippen molar-refractivity contribution in [3.05, 3.63) is 46.1 Å². The first-order chi connectivity index (χ1) is 5.88. The van der Waals surface area contributed by atoms with E-state index in [2.05, 4.69) is 27.7 Å². The quantitative estimate of drug-likeness (QED) is 0.444. The van der Waals surface area contributed by atoms with E-state index in [1.807, 2.05) is 34.5 Å². The van der Waals surface area contributed by atoms with Gasteiger partial charge in [-0.05, 0) is 10.2 Å². The topological polar surface area (TPSA) is 32.6 Å². The van der Waals surface area contributed by atoms with E-state index in [-0.39, 0.29) is 0 Å². The Bertz CT molecular complexity index is 298. The van der Waals surface area contributed by atoms with Gasteiger partial charge in [-0.15, -0.1) is 0 Å². The van der Waals surface area contributed by atoms with Gasteiger partial charge < -0.3 is 5.21 Å². The van der Waals surface area contributed by atoms with E-state index in [1.165, 1.54) is 0 Å². The first kappa shape index (κ1) is 9.25. The Morgan fingerprint density at radius 1 is 1.33 bits per heavy atom. The molecule has 0 aromatic rings. The van der Waals surface area contributed by atoms with E-state index in [9.17, 15) is 0 Å². The lowest BCUT2D eigenvalue weighted by Crippen LogP contribution is -1.98. The molecule has 0 amide bonds. The van der Waals surface area contributed by atoms with E-state index in [1.54, 1.807) is 6.08 Å². The SMILES string of the molecule is O\N=C1/C=CC=C/C1=C/C=C\I. The second kappa shape index (κ2) is 4.92. The average Bonchev–Trinajstić information content (AvgIpc) is 2.15. The van der Waals surface area contributed by atoms with Gasteiger partial charge in [0.1, 0.15) is 5.71 Å². The first-order valence-corrected chi connectivity index (χ1v) is 4.67. The molecule has 0 aromatic carbocycles. The number of rotatable bonds is 1. The number of nitrogens with zero attached hydrogens (tertiary/aromatic N) is 1. The standard InChI is InChI=1S/C9H8INO/c10-7-3-5-8-4-1-2-6-9(8)11-12/h1-7,12H/b7-3-,8-5-,11-9+. The highest BCUT2D eigenvalue weighted by molar-refractivity contribution is 14.1. The van der Waals surface area contributed by atoms with Crippen molar-refractivity contribution in [3.8, 4) is 0 Å². The molecular weight excluding hydrogens is 265 g/mol. The summed E-state index contributed by atoms with van der Waals surface area (Å²) in [5.74, 6) is 0. The molecule has 0 bridgehead atoms. The van der Waals surface area contributed by atoms with Crippen molar-refractivity contribution in [2.75, 3.05) is 0 Å². The zero-order chi connectivity index (χ0) is 8.81. The summed E-state index contributed by atoms with van der Waals surface area (Å²) >= 11 is 2.13. The molecule has 0 saturated heterocycles. The van der Waals surface area contributed by atoms with Crippen LogP contribution in [0.15, 0.2) is 51.3 Å². The van der Waals surface area contributed by atoms with Gasteiger partial charge in [-0.1, -0.05) is 58.1 Å². The van der Waals surface area contributed by atoms with Gasteiger partial charge in [0.2, 0.25) is 0 Å². The largest absolute Gasteiger partial charge is 0.410 e. The molecule has 1 aliphatic rings. The molecule has 12 heavy (non-hydrogen) atoms. The molecule has 0 saturated carbocycles. The summed E-state index contributed by atoms with van der Waals surface area (Å²) in [7, 11) is 0. The fraction of sp³-hybridized carbons (Fsp3) is 0. The highest BCUT2D eigenvalue weighted by Crippen LogP contribution is 2.08. The number of hydrogen-bond donors (Lipinski definition) is 1. The molecular formula is C9H8INO. The molecule has 2 nitrogen and oxygen atoms in total. The minimum absolute atomic E-state index is 0.590. The molecule has 3 heteroatoms. The summed E-state index contributed by atoms with van der Waals surface area (Å²) in [6.07, 6.45) is 11.2. The summed E-state index contributed by atoms with van der Waals surface area (Å²) in [5.41, 5.74) is 1.50. The minimum atomic E-state index is 0.590. The Kier molecular flexibility index (Phi) is 3.79. The van der Waals surface area contributed by atoms with Crippen LogP contribution >= 0.6 is 22.6 Å². The fourth-order valence-electron chi connectivity index (χ4n) is 0.860. The van der Waals surface area contributed by atoms with Gasteiger partial charge in [-0.2, -0.15) is 0 Å². The van der Waals surface area contributed by atoms with Crippen LogP contribution < -0.4 is 0 Å². The number of oxime groups is 1. The third-order valence-corrected chi connectivity index (χ3v) is 1.81. The molecule has 0 heterocycles. The van der Waals surface area contributed by atoms with E-state index < -0.39 is 0 Å². The van der Waals surface area contributed by atoms with Gasteiger partial charge in [0.25, 0.3) is 0 Å². The van der Waals surface area contributed by atoms with Crippen LogP contribution in [-0.4, -0.2) is 10.9 Å². The van der Waals surface area contributed by atoms with Crippen molar-refractivity contribution in [1.82, 2.24) is 0 Å². The molecule has 0 fully saturated rings. The molecule has 1 N–H and O–H groups in total. The molecule has 0 atom stereocenters. The normalized spacial score (nSPS) is 23.1. The van der Waals surface area contributed by atoms with Gasteiger partial charge in [-0.25, -0.2) is 0 Å². The maximum absolute atomic E-state index is 8.60.